The van der Waals surface area contributed by atoms with Gasteiger partial charge in [0, 0.05) is 18.8 Å². The van der Waals surface area contributed by atoms with Gasteiger partial charge >= 0.3 is 5.97 Å². The molecule has 1 unspecified atom stereocenters. The minimum atomic E-state index is -0.761. The SMILES string of the molecule is Cc1ccccc1N(C)C(C)CC(=O)O. The summed E-state index contributed by atoms with van der Waals surface area (Å²) < 4.78 is 0. The summed E-state index contributed by atoms with van der Waals surface area (Å²) in [5, 5.41) is 8.72. The normalized spacial score (nSPS) is 12.2. The molecule has 0 aliphatic heterocycles. The first kappa shape index (κ1) is 11.6. The summed E-state index contributed by atoms with van der Waals surface area (Å²) in [7, 11) is 1.93. The van der Waals surface area contributed by atoms with Crippen LogP contribution in [0.25, 0.3) is 0 Å². The van der Waals surface area contributed by atoms with E-state index in [2.05, 4.69) is 0 Å². The Morgan fingerprint density at radius 3 is 2.60 bits per heavy atom. The van der Waals surface area contributed by atoms with Gasteiger partial charge in [0.05, 0.1) is 6.42 Å². The van der Waals surface area contributed by atoms with Crippen LogP contribution in [-0.2, 0) is 4.79 Å². The highest BCUT2D eigenvalue weighted by atomic mass is 16.4. The topological polar surface area (TPSA) is 40.5 Å². The van der Waals surface area contributed by atoms with Crippen molar-refractivity contribution in [2.24, 2.45) is 0 Å². The number of anilines is 1. The number of aliphatic carboxylic acids is 1. The third-order valence-corrected chi connectivity index (χ3v) is 2.63. The minimum absolute atomic E-state index is 0.00333. The number of para-hydroxylation sites is 1. The maximum atomic E-state index is 10.6. The number of nitrogens with zero attached hydrogens (tertiary/aromatic N) is 1. The molecule has 3 heteroatoms. The number of hydrogen-bond acceptors (Lipinski definition) is 2. The highest BCUT2D eigenvalue weighted by Crippen LogP contribution is 2.20. The minimum Gasteiger partial charge on any atom is -0.481 e. The molecule has 1 aromatic rings. The van der Waals surface area contributed by atoms with Crippen LogP contribution < -0.4 is 4.90 Å². The van der Waals surface area contributed by atoms with E-state index >= 15 is 0 Å². The number of carboxylic acids is 1. The molecule has 0 saturated heterocycles. The van der Waals surface area contributed by atoms with Gasteiger partial charge in [-0.15, -0.1) is 0 Å². The molecule has 0 heterocycles. The van der Waals surface area contributed by atoms with E-state index in [1.54, 1.807) is 0 Å². The Hall–Kier alpha value is -1.51. The Morgan fingerprint density at radius 2 is 2.07 bits per heavy atom. The predicted molar refractivity (Wildman–Crippen MR) is 61.3 cm³/mol. The molecule has 0 aliphatic rings. The van der Waals surface area contributed by atoms with E-state index < -0.39 is 5.97 Å². The molecule has 1 atom stereocenters. The van der Waals surface area contributed by atoms with Crippen molar-refractivity contribution in [1.29, 1.82) is 0 Å². The monoisotopic (exact) mass is 207 g/mol. The van der Waals surface area contributed by atoms with Gasteiger partial charge in [0.25, 0.3) is 0 Å². The van der Waals surface area contributed by atoms with E-state index in [9.17, 15) is 4.79 Å². The van der Waals surface area contributed by atoms with Gasteiger partial charge in [-0.2, -0.15) is 0 Å². The van der Waals surface area contributed by atoms with Gasteiger partial charge in [-0.3, -0.25) is 4.79 Å². The lowest BCUT2D eigenvalue weighted by Gasteiger charge is -2.27. The van der Waals surface area contributed by atoms with Crippen molar-refractivity contribution in [3.8, 4) is 0 Å². The smallest absolute Gasteiger partial charge is 0.305 e. The predicted octanol–water partition coefficient (Wildman–Crippen LogP) is 2.29. The first-order valence-corrected chi connectivity index (χ1v) is 5.02. The second kappa shape index (κ2) is 4.82. The Bertz CT molecular complexity index is 349. The number of carboxylic acid groups (broad SMARTS) is 1. The highest BCUT2D eigenvalue weighted by Gasteiger charge is 2.14. The van der Waals surface area contributed by atoms with Crippen molar-refractivity contribution in [2.75, 3.05) is 11.9 Å². The summed E-state index contributed by atoms with van der Waals surface area (Å²) in [5.74, 6) is -0.761. The number of carbonyl (C=O) groups is 1. The van der Waals surface area contributed by atoms with Crippen LogP contribution >= 0.6 is 0 Å². The quantitative estimate of drug-likeness (QED) is 0.823. The fourth-order valence-corrected chi connectivity index (χ4v) is 1.59. The fourth-order valence-electron chi connectivity index (χ4n) is 1.59. The molecule has 15 heavy (non-hydrogen) atoms. The Kier molecular flexibility index (Phi) is 3.72. The van der Waals surface area contributed by atoms with Gasteiger partial charge in [-0.05, 0) is 25.5 Å². The van der Waals surface area contributed by atoms with Crippen LogP contribution in [0.3, 0.4) is 0 Å². The largest absolute Gasteiger partial charge is 0.481 e. The van der Waals surface area contributed by atoms with Gasteiger partial charge in [0.15, 0.2) is 0 Å². The van der Waals surface area contributed by atoms with Gasteiger partial charge < -0.3 is 10.0 Å². The molecule has 3 nitrogen and oxygen atoms in total. The molecule has 0 saturated carbocycles. The summed E-state index contributed by atoms with van der Waals surface area (Å²) in [6, 6.07) is 7.98. The van der Waals surface area contributed by atoms with Gasteiger partial charge in [-0.1, -0.05) is 18.2 Å². The summed E-state index contributed by atoms with van der Waals surface area (Å²) in [4.78, 5) is 12.6. The molecule has 0 aliphatic carbocycles. The summed E-state index contributed by atoms with van der Waals surface area (Å²) in [5.41, 5.74) is 2.25. The van der Waals surface area contributed by atoms with E-state index in [1.807, 2.05) is 50.1 Å². The van der Waals surface area contributed by atoms with Crippen molar-refractivity contribution >= 4 is 11.7 Å². The second-order valence-electron chi connectivity index (χ2n) is 3.84. The van der Waals surface area contributed by atoms with Crippen molar-refractivity contribution in [3.63, 3.8) is 0 Å². The molecule has 0 bridgehead atoms. The van der Waals surface area contributed by atoms with Crippen LogP contribution in [-0.4, -0.2) is 24.2 Å². The van der Waals surface area contributed by atoms with Crippen LogP contribution in [0.15, 0.2) is 24.3 Å². The van der Waals surface area contributed by atoms with Crippen molar-refractivity contribution in [3.05, 3.63) is 29.8 Å². The van der Waals surface area contributed by atoms with Crippen molar-refractivity contribution in [1.82, 2.24) is 0 Å². The number of hydrogen-bond donors (Lipinski definition) is 1. The molecule has 0 aromatic heterocycles. The standard InChI is InChI=1S/C12H17NO2/c1-9-6-4-5-7-11(9)13(3)10(2)8-12(14)15/h4-7,10H,8H2,1-3H3,(H,14,15). The molecule has 0 radical (unpaired) electrons. The molecular formula is C12H17NO2. The molecule has 0 amide bonds. The van der Waals surface area contributed by atoms with Crippen molar-refractivity contribution in [2.45, 2.75) is 26.3 Å². The zero-order valence-corrected chi connectivity index (χ0v) is 9.40. The molecule has 82 valence electrons. The van der Waals surface area contributed by atoms with E-state index in [4.69, 9.17) is 5.11 Å². The van der Waals surface area contributed by atoms with E-state index in [-0.39, 0.29) is 12.5 Å². The number of aryl methyl sites for hydroxylation is 1. The molecule has 1 rings (SSSR count). The van der Waals surface area contributed by atoms with E-state index in [0.717, 1.165) is 11.3 Å². The average molecular weight is 207 g/mol. The maximum Gasteiger partial charge on any atom is 0.305 e. The Morgan fingerprint density at radius 1 is 1.47 bits per heavy atom. The first-order chi connectivity index (χ1) is 7.02. The fraction of sp³-hybridized carbons (Fsp3) is 0.417. The average Bonchev–Trinajstić information content (AvgIpc) is 2.16. The molecule has 1 N–H and O–H groups in total. The highest BCUT2D eigenvalue weighted by molar-refractivity contribution is 5.68. The summed E-state index contributed by atoms with van der Waals surface area (Å²) in [6.45, 7) is 3.94. The third kappa shape index (κ3) is 2.98. The van der Waals surface area contributed by atoms with Crippen LogP contribution in [0.1, 0.15) is 18.9 Å². The second-order valence-corrected chi connectivity index (χ2v) is 3.84. The van der Waals surface area contributed by atoms with Crippen LogP contribution in [0.2, 0.25) is 0 Å². The molecule has 0 fully saturated rings. The lowest BCUT2D eigenvalue weighted by Crippen LogP contribution is -2.31. The number of rotatable bonds is 4. The molecule has 0 spiro atoms. The van der Waals surface area contributed by atoms with Gasteiger partial charge in [0.1, 0.15) is 0 Å². The summed E-state index contributed by atoms with van der Waals surface area (Å²) >= 11 is 0. The van der Waals surface area contributed by atoms with Crippen LogP contribution in [0.5, 0.6) is 0 Å². The van der Waals surface area contributed by atoms with Gasteiger partial charge in [0.2, 0.25) is 0 Å². The van der Waals surface area contributed by atoms with E-state index in [1.165, 1.54) is 0 Å². The Labute approximate surface area is 90.3 Å². The number of benzene rings is 1. The van der Waals surface area contributed by atoms with Crippen LogP contribution in [0.4, 0.5) is 5.69 Å². The van der Waals surface area contributed by atoms with Crippen molar-refractivity contribution < 1.29 is 9.90 Å². The zero-order chi connectivity index (χ0) is 11.4. The summed E-state index contributed by atoms with van der Waals surface area (Å²) in [6.07, 6.45) is 0.158. The lowest BCUT2D eigenvalue weighted by molar-refractivity contribution is -0.137. The van der Waals surface area contributed by atoms with Crippen LogP contribution in [0, 0.1) is 6.92 Å². The molecular weight excluding hydrogens is 190 g/mol. The lowest BCUT2D eigenvalue weighted by atomic mass is 10.1. The maximum absolute atomic E-state index is 10.6. The zero-order valence-electron chi connectivity index (χ0n) is 9.40. The van der Waals surface area contributed by atoms with E-state index in [0.29, 0.717) is 0 Å². The van der Waals surface area contributed by atoms with Gasteiger partial charge in [-0.25, -0.2) is 0 Å². The Balaban J connectivity index is 2.80. The third-order valence-electron chi connectivity index (χ3n) is 2.63. The first-order valence-electron chi connectivity index (χ1n) is 5.02. The molecule has 1 aromatic carbocycles.